The van der Waals surface area contributed by atoms with Gasteiger partial charge in [0, 0.05) is 12.6 Å². The highest BCUT2D eigenvalue weighted by Gasteiger charge is 2.22. The topological polar surface area (TPSA) is 119 Å². The number of aliphatic hydroxyl groups is 2. The van der Waals surface area contributed by atoms with Gasteiger partial charge < -0.3 is 25.7 Å². The van der Waals surface area contributed by atoms with E-state index < -0.39 is 11.9 Å². The van der Waals surface area contributed by atoms with Crippen molar-refractivity contribution in [2.45, 2.75) is 32.9 Å². The van der Waals surface area contributed by atoms with Crippen LogP contribution < -0.4 is 10.6 Å². The van der Waals surface area contributed by atoms with Crippen LogP contribution in [-0.4, -0.2) is 72.2 Å². The first-order valence-electron chi connectivity index (χ1n) is 7.42. The van der Waals surface area contributed by atoms with E-state index in [0.717, 1.165) is 0 Å². The van der Waals surface area contributed by atoms with E-state index in [4.69, 9.17) is 10.2 Å². The number of carbonyl (C=O) groups is 3. The molecule has 0 heterocycles. The lowest BCUT2D eigenvalue weighted by molar-refractivity contribution is -0.132. The summed E-state index contributed by atoms with van der Waals surface area (Å²) < 4.78 is 0. The third-order valence-electron chi connectivity index (χ3n) is 3.42. The molecular formula is C15H27N3O5. The van der Waals surface area contributed by atoms with Crippen molar-refractivity contribution >= 4 is 18.2 Å². The number of hydrogen-bond donors (Lipinski definition) is 4. The highest BCUT2D eigenvalue weighted by Crippen LogP contribution is 2.13. The molecule has 0 unspecified atom stereocenters. The molecule has 0 radical (unpaired) electrons. The fourth-order valence-corrected chi connectivity index (χ4v) is 1.95. The van der Waals surface area contributed by atoms with Crippen LogP contribution in [0.4, 0.5) is 0 Å². The Morgan fingerprint density at radius 3 is 2.22 bits per heavy atom. The van der Waals surface area contributed by atoms with E-state index in [1.54, 1.807) is 20.0 Å². The molecule has 3 amide bonds. The SMILES string of the molecule is C/C(=C\[C@H](C(C)C)N(C)C(=O)CNC=O)C(=O)NC(CO)CO. The van der Waals surface area contributed by atoms with Gasteiger partial charge in [-0.05, 0) is 12.8 Å². The van der Waals surface area contributed by atoms with E-state index in [1.807, 2.05) is 13.8 Å². The van der Waals surface area contributed by atoms with Gasteiger partial charge >= 0.3 is 0 Å². The van der Waals surface area contributed by atoms with Crippen molar-refractivity contribution in [2.24, 2.45) is 5.92 Å². The normalized spacial score (nSPS) is 13.0. The second-order valence-electron chi connectivity index (χ2n) is 5.62. The zero-order valence-electron chi connectivity index (χ0n) is 14.1. The summed E-state index contributed by atoms with van der Waals surface area (Å²) in [7, 11) is 1.60. The van der Waals surface area contributed by atoms with Crippen molar-refractivity contribution in [1.82, 2.24) is 15.5 Å². The van der Waals surface area contributed by atoms with Crippen LogP contribution in [0.1, 0.15) is 20.8 Å². The number of hydrogen-bond acceptors (Lipinski definition) is 5. The maximum atomic E-state index is 12.0. The van der Waals surface area contributed by atoms with Crippen LogP contribution in [0.2, 0.25) is 0 Å². The second-order valence-corrected chi connectivity index (χ2v) is 5.62. The van der Waals surface area contributed by atoms with Crippen molar-refractivity contribution in [3.05, 3.63) is 11.6 Å². The van der Waals surface area contributed by atoms with Crippen LogP contribution in [0.15, 0.2) is 11.6 Å². The number of likely N-dealkylation sites (N-methyl/N-ethyl adjacent to an activating group) is 1. The van der Waals surface area contributed by atoms with Crippen molar-refractivity contribution < 1.29 is 24.6 Å². The largest absolute Gasteiger partial charge is 0.394 e. The average molecular weight is 329 g/mol. The first-order chi connectivity index (χ1) is 10.8. The molecule has 0 saturated carbocycles. The minimum Gasteiger partial charge on any atom is -0.394 e. The summed E-state index contributed by atoms with van der Waals surface area (Å²) in [4.78, 5) is 35.7. The van der Waals surface area contributed by atoms with Gasteiger partial charge in [-0.1, -0.05) is 19.9 Å². The lowest BCUT2D eigenvalue weighted by atomic mass is 9.99. The van der Waals surface area contributed by atoms with E-state index in [0.29, 0.717) is 12.0 Å². The molecule has 0 fully saturated rings. The van der Waals surface area contributed by atoms with Gasteiger partial charge in [-0.2, -0.15) is 0 Å². The summed E-state index contributed by atoms with van der Waals surface area (Å²) in [5.41, 5.74) is 0.374. The molecule has 1 atom stereocenters. The molecule has 0 rings (SSSR count). The van der Waals surface area contributed by atoms with Gasteiger partial charge in [0.05, 0.1) is 31.8 Å². The van der Waals surface area contributed by atoms with E-state index in [2.05, 4.69) is 10.6 Å². The Hall–Kier alpha value is -1.93. The predicted octanol–water partition coefficient (Wildman–Crippen LogP) is -1.37. The Morgan fingerprint density at radius 2 is 1.78 bits per heavy atom. The number of nitrogens with one attached hydrogen (secondary N) is 2. The Kier molecular flexibility index (Phi) is 9.84. The number of rotatable bonds is 10. The van der Waals surface area contributed by atoms with E-state index in [9.17, 15) is 14.4 Å². The summed E-state index contributed by atoms with van der Waals surface area (Å²) in [5, 5.41) is 22.8. The molecule has 0 saturated heterocycles. The van der Waals surface area contributed by atoms with Crippen LogP contribution in [0.3, 0.4) is 0 Å². The molecule has 0 aliphatic heterocycles. The van der Waals surface area contributed by atoms with Crippen LogP contribution in [-0.2, 0) is 14.4 Å². The van der Waals surface area contributed by atoms with Crippen LogP contribution in [0.25, 0.3) is 0 Å². The van der Waals surface area contributed by atoms with Crippen LogP contribution >= 0.6 is 0 Å². The summed E-state index contributed by atoms with van der Waals surface area (Å²) in [6, 6.07) is -1.05. The number of carbonyl (C=O) groups excluding carboxylic acids is 3. The molecule has 132 valence electrons. The third-order valence-corrected chi connectivity index (χ3v) is 3.42. The third kappa shape index (κ3) is 7.25. The zero-order valence-corrected chi connectivity index (χ0v) is 14.1. The van der Waals surface area contributed by atoms with E-state index >= 15 is 0 Å². The smallest absolute Gasteiger partial charge is 0.247 e. The van der Waals surface area contributed by atoms with Gasteiger partial charge in [0.15, 0.2) is 0 Å². The Labute approximate surface area is 136 Å². The Bertz CT molecular complexity index is 433. The summed E-state index contributed by atoms with van der Waals surface area (Å²) >= 11 is 0. The van der Waals surface area contributed by atoms with Crippen molar-refractivity contribution in [1.29, 1.82) is 0 Å². The molecule has 8 nitrogen and oxygen atoms in total. The molecule has 0 spiro atoms. The molecule has 4 N–H and O–H groups in total. The van der Waals surface area contributed by atoms with Crippen LogP contribution in [0.5, 0.6) is 0 Å². The molecular weight excluding hydrogens is 302 g/mol. The molecule has 0 aromatic carbocycles. The summed E-state index contributed by atoms with van der Waals surface area (Å²) in [6.45, 7) is 4.58. The Morgan fingerprint density at radius 1 is 1.22 bits per heavy atom. The highest BCUT2D eigenvalue weighted by atomic mass is 16.3. The molecule has 0 bridgehead atoms. The molecule has 0 aromatic rings. The second kappa shape index (κ2) is 10.7. The average Bonchev–Trinajstić information content (AvgIpc) is 2.53. The maximum Gasteiger partial charge on any atom is 0.247 e. The molecule has 0 aliphatic rings. The number of nitrogens with zero attached hydrogens (tertiary/aromatic N) is 1. The standard InChI is InChI=1S/C15H27N3O5/c1-10(2)13(18(4)14(22)6-16-9-21)5-11(3)15(23)17-12(7-19)8-20/h5,9-10,12-13,19-20H,6-8H2,1-4H3,(H,16,21)(H,17,23)/b11-5+/t13-/m1/s1. The summed E-state index contributed by atoms with van der Waals surface area (Å²) in [5.74, 6) is -0.645. The molecule has 0 aromatic heterocycles. The zero-order chi connectivity index (χ0) is 18.0. The monoisotopic (exact) mass is 329 g/mol. The highest BCUT2D eigenvalue weighted by molar-refractivity contribution is 5.93. The summed E-state index contributed by atoms with van der Waals surface area (Å²) in [6.07, 6.45) is 2.11. The Balaban J connectivity index is 5.05. The molecule has 8 heteroatoms. The van der Waals surface area contributed by atoms with Gasteiger partial charge in [-0.3, -0.25) is 14.4 Å². The van der Waals surface area contributed by atoms with E-state index in [1.165, 1.54) is 4.90 Å². The van der Waals surface area contributed by atoms with Crippen molar-refractivity contribution in [3.8, 4) is 0 Å². The lowest BCUT2D eigenvalue weighted by Gasteiger charge is -2.29. The first kappa shape index (κ1) is 21.1. The fourth-order valence-electron chi connectivity index (χ4n) is 1.95. The lowest BCUT2D eigenvalue weighted by Crippen LogP contribution is -2.44. The maximum absolute atomic E-state index is 12.0. The number of amides is 3. The minimum atomic E-state index is -0.723. The van der Waals surface area contributed by atoms with E-state index in [-0.39, 0.29) is 37.6 Å². The van der Waals surface area contributed by atoms with Crippen molar-refractivity contribution in [3.63, 3.8) is 0 Å². The van der Waals surface area contributed by atoms with Gasteiger partial charge in [-0.15, -0.1) is 0 Å². The van der Waals surface area contributed by atoms with Gasteiger partial charge in [0.25, 0.3) is 0 Å². The fraction of sp³-hybridized carbons (Fsp3) is 0.667. The van der Waals surface area contributed by atoms with Crippen molar-refractivity contribution in [2.75, 3.05) is 26.8 Å². The molecule has 0 aliphatic carbocycles. The predicted molar refractivity (Wildman–Crippen MR) is 85.3 cm³/mol. The van der Waals surface area contributed by atoms with Gasteiger partial charge in [0.2, 0.25) is 18.2 Å². The molecule has 23 heavy (non-hydrogen) atoms. The van der Waals surface area contributed by atoms with Crippen LogP contribution in [0, 0.1) is 5.92 Å². The van der Waals surface area contributed by atoms with Gasteiger partial charge in [-0.25, -0.2) is 0 Å². The number of aliphatic hydroxyl groups excluding tert-OH is 2. The minimum absolute atomic E-state index is 0.0504. The first-order valence-corrected chi connectivity index (χ1v) is 7.42. The van der Waals surface area contributed by atoms with Gasteiger partial charge in [0.1, 0.15) is 0 Å². The quantitative estimate of drug-likeness (QED) is 0.291.